The molecule has 0 aromatic heterocycles. The van der Waals surface area contributed by atoms with Crippen molar-refractivity contribution in [3.63, 3.8) is 0 Å². The lowest BCUT2D eigenvalue weighted by atomic mass is 9.87. The summed E-state index contributed by atoms with van der Waals surface area (Å²) in [7, 11) is 0. The Morgan fingerprint density at radius 1 is 1.28 bits per heavy atom. The van der Waals surface area contributed by atoms with Gasteiger partial charge in [0.05, 0.1) is 6.61 Å². The van der Waals surface area contributed by atoms with E-state index in [9.17, 15) is 4.79 Å². The van der Waals surface area contributed by atoms with Crippen LogP contribution in [-0.4, -0.2) is 32.1 Å². The molecule has 1 aliphatic heterocycles. The van der Waals surface area contributed by atoms with E-state index in [4.69, 9.17) is 4.74 Å². The molecule has 1 amide bonds. The monoisotopic (exact) mass is 368 g/mol. The molecule has 1 aliphatic rings. The first-order chi connectivity index (χ1) is 11.4. The highest BCUT2D eigenvalue weighted by Gasteiger charge is 2.14. The Morgan fingerprint density at radius 3 is 2.60 bits per heavy atom. The fourth-order valence-corrected chi connectivity index (χ4v) is 2.92. The van der Waals surface area contributed by atoms with Gasteiger partial charge in [-0.1, -0.05) is 32.9 Å². The maximum atomic E-state index is 11.9. The molecule has 1 aromatic rings. The largest absolute Gasteiger partial charge is 0.494 e. The molecule has 1 atom stereocenters. The van der Waals surface area contributed by atoms with Gasteiger partial charge in [-0.05, 0) is 61.4 Å². The summed E-state index contributed by atoms with van der Waals surface area (Å²) in [6, 6.07) is 8.24. The summed E-state index contributed by atoms with van der Waals surface area (Å²) in [4.78, 5) is 11.9. The number of rotatable bonds is 7. The summed E-state index contributed by atoms with van der Waals surface area (Å²) in [5, 5.41) is 6.41. The molecule has 4 nitrogen and oxygen atoms in total. The van der Waals surface area contributed by atoms with Gasteiger partial charge in [0.15, 0.2) is 0 Å². The highest BCUT2D eigenvalue weighted by molar-refractivity contribution is 5.85. The Labute approximate surface area is 158 Å². The van der Waals surface area contributed by atoms with Crippen LogP contribution in [0, 0.1) is 5.92 Å². The van der Waals surface area contributed by atoms with Crippen molar-refractivity contribution in [1.29, 1.82) is 0 Å². The van der Waals surface area contributed by atoms with Crippen molar-refractivity contribution in [2.75, 3.05) is 26.2 Å². The van der Waals surface area contributed by atoms with E-state index >= 15 is 0 Å². The van der Waals surface area contributed by atoms with E-state index in [1.165, 1.54) is 18.4 Å². The number of benzene rings is 1. The zero-order valence-corrected chi connectivity index (χ0v) is 16.6. The standard InChI is InChI=1S/C20H32N2O2.ClH/c1-20(2,3)17-8-10-18(11-9-17)24-13-5-7-19(23)22-15-16-6-4-12-21-14-16;/h8-11,16,21H,4-7,12-15H2,1-3H3,(H,22,23);1H. The van der Waals surface area contributed by atoms with Gasteiger partial charge < -0.3 is 15.4 Å². The molecule has 0 aliphatic carbocycles. The smallest absolute Gasteiger partial charge is 0.220 e. The minimum Gasteiger partial charge on any atom is -0.494 e. The second-order valence-electron chi connectivity index (χ2n) is 7.74. The van der Waals surface area contributed by atoms with Gasteiger partial charge in [0.1, 0.15) is 5.75 Å². The fourth-order valence-electron chi connectivity index (χ4n) is 2.92. The van der Waals surface area contributed by atoms with Crippen LogP contribution in [0.25, 0.3) is 0 Å². The van der Waals surface area contributed by atoms with E-state index in [2.05, 4.69) is 43.5 Å². The molecular weight excluding hydrogens is 336 g/mol. The quantitative estimate of drug-likeness (QED) is 0.722. The van der Waals surface area contributed by atoms with Crippen LogP contribution in [0.3, 0.4) is 0 Å². The van der Waals surface area contributed by atoms with Crippen LogP contribution in [0.1, 0.15) is 52.0 Å². The first kappa shape index (κ1) is 21.8. The second-order valence-corrected chi connectivity index (χ2v) is 7.74. The van der Waals surface area contributed by atoms with E-state index in [0.717, 1.165) is 31.8 Å². The molecule has 2 rings (SSSR count). The van der Waals surface area contributed by atoms with Crippen LogP contribution in [0.5, 0.6) is 5.75 Å². The lowest BCUT2D eigenvalue weighted by molar-refractivity contribution is -0.121. The van der Waals surface area contributed by atoms with E-state index in [-0.39, 0.29) is 23.7 Å². The van der Waals surface area contributed by atoms with Gasteiger partial charge in [0.25, 0.3) is 0 Å². The first-order valence-electron chi connectivity index (χ1n) is 9.16. The Hall–Kier alpha value is -1.26. The maximum absolute atomic E-state index is 11.9. The fraction of sp³-hybridized carbons (Fsp3) is 0.650. The Bertz CT molecular complexity index is 505. The SMILES string of the molecule is CC(C)(C)c1ccc(OCCCC(=O)NCC2CCCNC2)cc1.Cl. The number of hydrogen-bond acceptors (Lipinski definition) is 3. The summed E-state index contributed by atoms with van der Waals surface area (Å²) in [6.07, 6.45) is 3.69. The average Bonchev–Trinajstić information content (AvgIpc) is 2.57. The Balaban J connectivity index is 0.00000312. The lowest BCUT2D eigenvalue weighted by Crippen LogP contribution is -2.38. The van der Waals surface area contributed by atoms with Crippen molar-refractivity contribution in [2.45, 2.75) is 51.9 Å². The topological polar surface area (TPSA) is 50.4 Å². The number of amides is 1. The van der Waals surface area contributed by atoms with Gasteiger partial charge in [-0.3, -0.25) is 4.79 Å². The van der Waals surface area contributed by atoms with Crippen LogP contribution in [0.2, 0.25) is 0 Å². The number of halogens is 1. The van der Waals surface area contributed by atoms with Crippen molar-refractivity contribution in [1.82, 2.24) is 10.6 Å². The van der Waals surface area contributed by atoms with Gasteiger partial charge in [0.2, 0.25) is 5.91 Å². The minimum absolute atomic E-state index is 0. The molecule has 2 N–H and O–H groups in total. The highest BCUT2D eigenvalue weighted by atomic mass is 35.5. The summed E-state index contributed by atoms with van der Waals surface area (Å²) >= 11 is 0. The molecule has 0 bridgehead atoms. The van der Waals surface area contributed by atoms with Crippen molar-refractivity contribution in [3.05, 3.63) is 29.8 Å². The number of ether oxygens (including phenoxy) is 1. The molecule has 0 saturated carbocycles. The van der Waals surface area contributed by atoms with Gasteiger partial charge in [-0.2, -0.15) is 0 Å². The van der Waals surface area contributed by atoms with E-state index < -0.39 is 0 Å². The Kier molecular flexibility index (Phi) is 9.30. The van der Waals surface area contributed by atoms with Crippen LogP contribution in [-0.2, 0) is 10.2 Å². The average molecular weight is 369 g/mol. The van der Waals surface area contributed by atoms with Crippen LogP contribution in [0.4, 0.5) is 0 Å². The predicted octanol–water partition coefficient (Wildman–Crippen LogP) is 3.68. The zero-order chi connectivity index (χ0) is 17.4. The molecule has 1 unspecified atom stereocenters. The molecule has 1 saturated heterocycles. The second kappa shape index (κ2) is 10.7. The van der Waals surface area contributed by atoms with E-state index in [1.54, 1.807) is 0 Å². The normalized spacial score (nSPS) is 17.5. The summed E-state index contributed by atoms with van der Waals surface area (Å²) in [6.45, 7) is 10.1. The first-order valence-corrected chi connectivity index (χ1v) is 9.16. The summed E-state index contributed by atoms with van der Waals surface area (Å²) in [5.41, 5.74) is 1.45. The van der Waals surface area contributed by atoms with Gasteiger partial charge >= 0.3 is 0 Å². The third-order valence-electron chi connectivity index (χ3n) is 4.52. The van der Waals surface area contributed by atoms with Crippen LogP contribution < -0.4 is 15.4 Å². The molecule has 1 heterocycles. The maximum Gasteiger partial charge on any atom is 0.220 e. The third kappa shape index (κ3) is 8.10. The van der Waals surface area contributed by atoms with Crippen molar-refractivity contribution in [3.8, 4) is 5.75 Å². The minimum atomic E-state index is 0. The highest BCUT2D eigenvalue weighted by Crippen LogP contribution is 2.24. The van der Waals surface area contributed by atoms with Gasteiger partial charge in [-0.25, -0.2) is 0 Å². The van der Waals surface area contributed by atoms with E-state index in [0.29, 0.717) is 18.9 Å². The number of piperidine rings is 1. The van der Waals surface area contributed by atoms with E-state index in [1.807, 2.05) is 12.1 Å². The molecule has 5 heteroatoms. The zero-order valence-electron chi connectivity index (χ0n) is 15.8. The molecule has 25 heavy (non-hydrogen) atoms. The number of hydrogen-bond donors (Lipinski definition) is 2. The molecule has 0 radical (unpaired) electrons. The van der Waals surface area contributed by atoms with Crippen LogP contribution in [0.15, 0.2) is 24.3 Å². The molecule has 1 fully saturated rings. The van der Waals surface area contributed by atoms with Crippen molar-refractivity contribution >= 4 is 18.3 Å². The molecular formula is C20H33ClN2O2. The third-order valence-corrected chi connectivity index (χ3v) is 4.52. The van der Waals surface area contributed by atoms with Crippen LogP contribution >= 0.6 is 12.4 Å². The number of carbonyl (C=O) groups is 1. The number of nitrogens with one attached hydrogen (secondary N) is 2. The summed E-state index contributed by atoms with van der Waals surface area (Å²) in [5.74, 6) is 1.59. The predicted molar refractivity (Wildman–Crippen MR) is 106 cm³/mol. The molecule has 142 valence electrons. The molecule has 0 spiro atoms. The summed E-state index contributed by atoms with van der Waals surface area (Å²) < 4.78 is 5.73. The van der Waals surface area contributed by atoms with Gasteiger partial charge in [0, 0.05) is 13.0 Å². The van der Waals surface area contributed by atoms with Crippen molar-refractivity contribution < 1.29 is 9.53 Å². The number of carbonyl (C=O) groups excluding carboxylic acids is 1. The Morgan fingerprint density at radius 2 is 2.00 bits per heavy atom. The lowest BCUT2D eigenvalue weighted by Gasteiger charge is -2.22. The molecule has 1 aromatic carbocycles. The van der Waals surface area contributed by atoms with Crippen molar-refractivity contribution in [2.24, 2.45) is 5.92 Å². The van der Waals surface area contributed by atoms with Gasteiger partial charge in [-0.15, -0.1) is 12.4 Å².